The van der Waals surface area contributed by atoms with Gasteiger partial charge in [-0.25, -0.2) is 4.79 Å². The summed E-state index contributed by atoms with van der Waals surface area (Å²) in [6.45, 7) is 8.33. The average molecular weight is 287 g/mol. The SMILES string of the molecule is CC(C)(C#N)N1CCN(Cc2ccc(C(=O)O)cc2)CC1. The number of aromatic carboxylic acids is 1. The third-order valence-corrected chi connectivity index (χ3v) is 4.04. The van der Waals surface area contributed by atoms with Gasteiger partial charge in [0.15, 0.2) is 0 Å². The molecule has 2 rings (SSSR count). The van der Waals surface area contributed by atoms with Crippen LogP contribution in [-0.4, -0.2) is 52.6 Å². The fourth-order valence-corrected chi connectivity index (χ4v) is 2.55. The molecule has 0 aliphatic carbocycles. The Morgan fingerprint density at radius 3 is 2.29 bits per heavy atom. The van der Waals surface area contributed by atoms with Gasteiger partial charge in [-0.2, -0.15) is 5.26 Å². The second-order valence-corrected chi connectivity index (χ2v) is 5.94. The van der Waals surface area contributed by atoms with Gasteiger partial charge < -0.3 is 5.11 Å². The fraction of sp³-hybridized carbons (Fsp3) is 0.500. The highest BCUT2D eigenvalue weighted by molar-refractivity contribution is 5.87. The molecule has 21 heavy (non-hydrogen) atoms. The summed E-state index contributed by atoms with van der Waals surface area (Å²) in [7, 11) is 0. The van der Waals surface area contributed by atoms with Crippen LogP contribution >= 0.6 is 0 Å². The van der Waals surface area contributed by atoms with E-state index in [1.54, 1.807) is 12.1 Å². The number of nitriles is 1. The minimum atomic E-state index is -0.895. The fourth-order valence-electron chi connectivity index (χ4n) is 2.55. The van der Waals surface area contributed by atoms with Crippen molar-refractivity contribution in [2.75, 3.05) is 26.2 Å². The van der Waals surface area contributed by atoms with Crippen LogP contribution in [0, 0.1) is 11.3 Å². The second-order valence-electron chi connectivity index (χ2n) is 5.94. The van der Waals surface area contributed by atoms with Crippen LogP contribution in [0.1, 0.15) is 29.8 Å². The summed E-state index contributed by atoms with van der Waals surface area (Å²) in [5.41, 5.74) is 1.03. The molecule has 1 aromatic carbocycles. The van der Waals surface area contributed by atoms with Crippen LogP contribution in [0.3, 0.4) is 0 Å². The highest BCUT2D eigenvalue weighted by Gasteiger charge is 2.29. The Hall–Kier alpha value is -1.90. The minimum Gasteiger partial charge on any atom is -0.478 e. The number of hydrogen-bond donors (Lipinski definition) is 1. The maximum Gasteiger partial charge on any atom is 0.335 e. The van der Waals surface area contributed by atoms with Gasteiger partial charge in [-0.15, -0.1) is 0 Å². The van der Waals surface area contributed by atoms with Crippen LogP contribution in [0.15, 0.2) is 24.3 Å². The van der Waals surface area contributed by atoms with Gasteiger partial charge in [0.2, 0.25) is 0 Å². The van der Waals surface area contributed by atoms with Crippen molar-refractivity contribution in [3.8, 4) is 6.07 Å². The first kappa shape index (κ1) is 15.5. The molecule has 1 heterocycles. The molecule has 0 amide bonds. The van der Waals surface area contributed by atoms with E-state index in [2.05, 4.69) is 15.9 Å². The minimum absolute atomic E-state index is 0.319. The Balaban J connectivity index is 1.89. The molecule has 0 aromatic heterocycles. The molecule has 0 saturated carbocycles. The van der Waals surface area contributed by atoms with Crippen molar-refractivity contribution < 1.29 is 9.90 Å². The van der Waals surface area contributed by atoms with Crippen molar-refractivity contribution in [1.82, 2.24) is 9.80 Å². The number of carboxylic acids is 1. The van der Waals surface area contributed by atoms with E-state index in [1.165, 1.54) is 0 Å². The lowest BCUT2D eigenvalue weighted by Crippen LogP contribution is -2.53. The highest BCUT2D eigenvalue weighted by atomic mass is 16.4. The molecule has 1 aliphatic rings. The van der Waals surface area contributed by atoms with E-state index in [1.807, 2.05) is 26.0 Å². The topological polar surface area (TPSA) is 67.6 Å². The standard InChI is InChI=1S/C16H21N3O2/c1-16(2,12-17)19-9-7-18(8-10-19)11-13-3-5-14(6-4-13)15(20)21/h3-6H,7-11H2,1-2H3,(H,20,21). The first-order valence-corrected chi connectivity index (χ1v) is 7.13. The Kier molecular flexibility index (Phi) is 4.61. The molecular formula is C16H21N3O2. The number of benzene rings is 1. The van der Waals surface area contributed by atoms with Gasteiger partial charge in [-0.3, -0.25) is 9.80 Å². The molecule has 0 atom stereocenters. The molecule has 5 nitrogen and oxygen atoms in total. The smallest absolute Gasteiger partial charge is 0.335 e. The van der Waals surface area contributed by atoms with Gasteiger partial charge in [0.05, 0.1) is 11.6 Å². The summed E-state index contributed by atoms with van der Waals surface area (Å²) in [6, 6.07) is 9.38. The van der Waals surface area contributed by atoms with Crippen LogP contribution in [-0.2, 0) is 6.54 Å². The van der Waals surface area contributed by atoms with E-state index in [0.717, 1.165) is 38.3 Å². The number of hydrogen-bond acceptors (Lipinski definition) is 4. The van der Waals surface area contributed by atoms with Crippen molar-refractivity contribution in [2.45, 2.75) is 25.9 Å². The summed E-state index contributed by atoms with van der Waals surface area (Å²) in [5.74, 6) is -0.895. The van der Waals surface area contributed by atoms with Crippen LogP contribution in [0.4, 0.5) is 0 Å². The molecule has 5 heteroatoms. The zero-order valence-corrected chi connectivity index (χ0v) is 12.5. The lowest BCUT2D eigenvalue weighted by Gasteiger charge is -2.40. The lowest BCUT2D eigenvalue weighted by molar-refractivity contribution is 0.0697. The summed E-state index contributed by atoms with van der Waals surface area (Å²) < 4.78 is 0. The first-order valence-electron chi connectivity index (χ1n) is 7.13. The Morgan fingerprint density at radius 2 is 1.81 bits per heavy atom. The number of nitrogens with zero attached hydrogens (tertiary/aromatic N) is 3. The molecule has 1 fully saturated rings. The van der Waals surface area contributed by atoms with E-state index in [-0.39, 0.29) is 0 Å². The van der Waals surface area contributed by atoms with Gasteiger partial charge in [0, 0.05) is 32.7 Å². The molecule has 0 radical (unpaired) electrons. The van der Waals surface area contributed by atoms with Crippen molar-refractivity contribution >= 4 is 5.97 Å². The number of carbonyl (C=O) groups is 1. The third-order valence-electron chi connectivity index (χ3n) is 4.04. The van der Waals surface area contributed by atoms with Crippen molar-refractivity contribution in [3.63, 3.8) is 0 Å². The molecule has 1 saturated heterocycles. The predicted molar refractivity (Wildman–Crippen MR) is 79.9 cm³/mol. The van der Waals surface area contributed by atoms with Crippen molar-refractivity contribution in [1.29, 1.82) is 5.26 Å². The first-order chi connectivity index (χ1) is 9.92. The Morgan fingerprint density at radius 1 is 1.24 bits per heavy atom. The zero-order valence-electron chi connectivity index (χ0n) is 12.5. The van der Waals surface area contributed by atoms with E-state index >= 15 is 0 Å². The maximum absolute atomic E-state index is 10.8. The van der Waals surface area contributed by atoms with E-state index in [0.29, 0.717) is 5.56 Å². The summed E-state index contributed by atoms with van der Waals surface area (Å²) in [4.78, 5) is 15.4. The quantitative estimate of drug-likeness (QED) is 0.914. The molecule has 1 N–H and O–H groups in total. The summed E-state index contributed by atoms with van der Waals surface area (Å²) >= 11 is 0. The number of carboxylic acid groups (broad SMARTS) is 1. The van der Waals surface area contributed by atoms with Crippen LogP contribution in [0.25, 0.3) is 0 Å². The number of rotatable bonds is 4. The highest BCUT2D eigenvalue weighted by Crippen LogP contribution is 2.17. The van der Waals surface area contributed by atoms with Gasteiger partial charge in [0.1, 0.15) is 5.54 Å². The molecule has 112 valence electrons. The Labute approximate surface area is 125 Å². The normalized spacial score (nSPS) is 17.4. The molecule has 0 bridgehead atoms. The van der Waals surface area contributed by atoms with E-state index in [4.69, 9.17) is 10.4 Å². The second kappa shape index (κ2) is 6.25. The van der Waals surface area contributed by atoms with E-state index < -0.39 is 11.5 Å². The predicted octanol–water partition coefficient (Wildman–Crippen LogP) is 1.80. The largest absolute Gasteiger partial charge is 0.478 e. The molecule has 1 aliphatic heterocycles. The summed E-state index contributed by atoms with van der Waals surface area (Å²) in [5, 5.41) is 18.0. The van der Waals surface area contributed by atoms with Gasteiger partial charge >= 0.3 is 5.97 Å². The van der Waals surface area contributed by atoms with Gasteiger partial charge in [0.25, 0.3) is 0 Å². The number of piperazine rings is 1. The molecule has 1 aromatic rings. The molecule has 0 spiro atoms. The third kappa shape index (κ3) is 3.81. The van der Waals surface area contributed by atoms with Crippen LogP contribution in [0.5, 0.6) is 0 Å². The van der Waals surface area contributed by atoms with Gasteiger partial charge in [-0.1, -0.05) is 12.1 Å². The molecular weight excluding hydrogens is 266 g/mol. The van der Waals surface area contributed by atoms with Crippen molar-refractivity contribution in [2.24, 2.45) is 0 Å². The monoisotopic (exact) mass is 287 g/mol. The van der Waals surface area contributed by atoms with Crippen LogP contribution < -0.4 is 0 Å². The maximum atomic E-state index is 10.8. The lowest BCUT2D eigenvalue weighted by atomic mass is 10.0. The summed E-state index contributed by atoms with van der Waals surface area (Å²) in [6.07, 6.45) is 0. The average Bonchev–Trinajstić information content (AvgIpc) is 2.48. The molecule has 0 unspecified atom stereocenters. The van der Waals surface area contributed by atoms with E-state index in [9.17, 15) is 4.79 Å². The zero-order chi connectivity index (χ0) is 15.5. The van der Waals surface area contributed by atoms with Crippen molar-refractivity contribution in [3.05, 3.63) is 35.4 Å². The van der Waals surface area contributed by atoms with Crippen LogP contribution in [0.2, 0.25) is 0 Å². The Bertz CT molecular complexity index is 538. The van der Waals surface area contributed by atoms with Gasteiger partial charge in [-0.05, 0) is 31.5 Å².